The van der Waals surface area contributed by atoms with E-state index in [0.29, 0.717) is 0 Å². The van der Waals surface area contributed by atoms with Crippen molar-refractivity contribution in [1.29, 1.82) is 0 Å². The van der Waals surface area contributed by atoms with Gasteiger partial charge in [0.05, 0.1) is 11.2 Å². The second-order valence-corrected chi connectivity index (χ2v) is 6.36. The van der Waals surface area contributed by atoms with Crippen molar-refractivity contribution >= 4 is 11.3 Å². The third-order valence-electron chi connectivity index (χ3n) is 3.84. The highest BCUT2D eigenvalue weighted by Gasteiger charge is 2.13. The largest absolute Gasteiger partial charge is 0.345 e. The van der Waals surface area contributed by atoms with Gasteiger partial charge in [-0.25, -0.2) is 15.0 Å². The number of nitrogens with zero attached hydrogens (tertiary/aromatic N) is 4. The molecule has 0 atom stereocenters. The van der Waals surface area contributed by atoms with E-state index in [4.69, 9.17) is 0 Å². The molecule has 0 bridgehead atoms. The van der Waals surface area contributed by atoms with Crippen LogP contribution in [-0.2, 0) is 19.4 Å². The van der Waals surface area contributed by atoms with Crippen LogP contribution in [0.3, 0.4) is 0 Å². The van der Waals surface area contributed by atoms with Gasteiger partial charge in [0.25, 0.3) is 0 Å². The van der Waals surface area contributed by atoms with Crippen LogP contribution >= 0.6 is 11.3 Å². The Morgan fingerprint density at radius 3 is 2.82 bits per heavy atom. The van der Waals surface area contributed by atoms with E-state index in [-0.39, 0.29) is 0 Å². The van der Waals surface area contributed by atoms with Gasteiger partial charge in [-0.2, -0.15) is 0 Å². The number of imidazole rings is 2. The average molecular weight is 315 g/mol. The zero-order valence-electron chi connectivity index (χ0n) is 13.3. The average Bonchev–Trinajstić information content (AvgIpc) is 3.20. The Morgan fingerprint density at radius 1 is 1.27 bits per heavy atom. The third kappa shape index (κ3) is 2.97. The van der Waals surface area contributed by atoms with Crippen LogP contribution < -0.4 is 0 Å². The fourth-order valence-electron chi connectivity index (χ4n) is 2.59. The standard InChI is InChI=1S/C16H21N5S/c1-4-14-19-12(3)15(20-14)16-17-7-9-21(16)8-5-6-13-11(2)18-10-22-13/h7,9-10H,4-6,8H2,1-3H3,(H,19,20). The molecule has 3 aromatic rings. The lowest BCUT2D eigenvalue weighted by Gasteiger charge is -2.06. The maximum atomic E-state index is 4.66. The lowest BCUT2D eigenvalue weighted by Crippen LogP contribution is -2.02. The molecule has 0 aliphatic heterocycles. The number of H-pyrrole nitrogens is 1. The van der Waals surface area contributed by atoms with Crippen molar-refractivity contribution in [2.24, 2.45) is 0 Å². The first-order chi connectivity index (χ1) is 10.7. The molecule has 116 valence electrons. The molecule has 0 aliphatic carbocycles. The van der Waals surface area contributed by atoms with Crippen LogP contribution in [-0.4, -0.2) is 24.5 Å². The molecule has 0 saturated carbocycles. The Bertz CT molecular complexity index is 752. The fraction of sp³-hybridized carbons (Fsp3) is 0.438. The van der Waals surface area contributed by atoms with Crippen molar-refractivity contribution in [1.82, 2.24) is 24.5 Å². The second kappa shape index (κ2) is 6.44. The lowest BCUT2D eigenvalue weighted by atomic mass is 10.2. The minimum absolute atomic E-state index is 0.909. The molecule has 0 aliphatic rings. The summed E-state index contributed by atoms with van der Waals surface area (Å²) in [4.78, 5) is 18.2. The summed E-state index contributed by atoms with van der Waals surface area (Å²) in [7, 11) is 0. The summed E-state index contributed by atoms with van der Waals surface area (Å²) in [5.74, 6) is 1.97. The summed E-state index contributed by atoms with van der Waals surface area (Å²) < 4.78 is 2.19. The lowest BCUT2D eigenvalue weighted by molar-refractivity contribution is 0.648. The highest BCUT2D eigenvalue weighted by atomic mass is 32.1. The van der Waals surface area contributed by atoms with Gasteiger partial charge in [0.15, 0.2) is 5.82 Å². The molecule has 1 N–H and O–H groups in total. The molecular formula is C16H21N5S. The molecule has 3 rings (SSSR count). The molecule has 6 heteroatoms. The first-order valence-electron chi connectivity index (χ1n) is 7.65. The zero-order chi connectivity index (χ0) is 15.5. The van der Waals surface area contributed by atoms with E-state index in [0.717, 1.165) is 54.5 Å². The number of rotatable bonds is 6. The Balaban J connectivity index is 1.72. The monoisotopic (exact) mass is 315 g/mol. The van der Waals surface area contributed by atoms with E-state index in [1.807, 2.05) is 17.9 Å². The SMILES string of the molecule is CCc1nc(-c2nccn2CCCc2scnc2C)c(C)[nH]1. The van der Waals surface area contributed by atoms with Crippen molar-refractivity contribution in [3.8, 4) is 11.5 Å². The summed E-state index contributed by atoms with van der Waals surface area (Å²) >= 11 is 1.74. The van der Waals surface area contributed by atoms with Crippen LogP contribution in [0.15, 0.2) is 17.9 Å². The van der Waals surface area contributed by atoms with Gasteiger partial charge in [-0.15, -0.1) is 11.3 Å². The minimum atomic E-state index is 0.909. The number of hydrogen-bond acceptors (Lipinski definition) is 4. The number of aromatic nitrogens is 5. The fourth-order valence-corrected chi connectivity index (χ4v) is 3.41. The maximum Gasteiger partial charge on any atom is 0.160 e. The van der Waals surface area contributed by atoms with Crippen molar-refractivity contribution in [3.63, 3.8) is 0 Å². The van der Waals surface area contributed by atoms with Crippen LogP contribution in [0.4, 0.5) is 0 Å². The van der Waals surface area contributed by atoms with E-state index >= 15 is 0 Å². The predicted molar refractivity (Wildman–Crippen MR) is 89.1 cm³/mol. The van der Waals surface area contributed by atoms with Gasteiger partial charge >= 0.3 is 0 Å². The molecule has 3 aromatic heterocycles. The molecule has 0 radical (unpaired) electrons. The maximum absolute atomic E-state index is 4.66. The van der Waals surface area contributed by atoms with E-state index in [2.05, 4.69) is 45.3 Å². The van der Waals surface area contributed by atoms with Crippen molar-refractivity contribution in [3.05, 3.63) is 40.0 Å². The first kappa shape index (κ1) is 15.0. The second-order valence-electron chi connectivity index (χ2n) is 5.42. The van der Waals surface area contributed by atoms with Gasteiger partial charge in [0.1, 0.15) is 11.5 Å². The van der Waals surface area contributed by atoms with Gasteiger partial charge in [0.2, 0.25) is 0 Å². The Kier molecular flexibility index (Phi) is 4.38. The quantitative estimate of drug-likeness (QED) is 0.757. The number of nitrogens with one attached hydrogen (secondary N) is 1. The smallest absolute Gasteiger partial charge is 0.160 e. The normalized spacial score (nSPS) is 11.2. The van der Waals surface area contributed by atoms with E-state index in [1.54, 1.807) is 11.3 Å². The van der Waals surface area contributed by atoms with Gasteiger partial charge < -0.3 is 9.55 Å². The summed E-state index contributed by atoms with van der Waals surface area (Å²) in [6.07, 6.45) is 6.94. The number of aryl methyl sites for hydroxylation is 5. The predicted octanol–water partition coefficient (Wildman–Crippen LogP) is 3.54. The summed E-state index contributed by atoms with van der Waals surface area (Å²) in [6, 6.07) is 0. The third-order valence-corrected chi connectivity index (χ3v) is 4.84. The molecule has 0 amide bonds. The number of thiazole rings is 1. The minimum Gasteiger partial charge on any atom is -0.345 e. The van der Waals surface area contributed by atoms with Gasteiger partial charge in [-0.05, 0) is 26.7 Å². The highest BCUT2D eigenvalue weighted by molar-refractivity contribution is 7.09. The van der Waals surface area contributed by atoms with Gasteiger partial charge in [-0.1, -0.05) is 6.92 Å². The first-order valence-corrected chi connectivity index (χ1v) is 8.53. The molecule has 0 aromatic carbocycles. The van der Waals surface area contributed by atoms with Crippen LogP contribution in [0.25, 0.3) is 11.5 Å². The molecule has 0 spiro atoms. The van der Waals surface area contributed by atoms with Crippen LogP contribution in [0, 0.1) is 13.8 Å². The summed E-state index contributed by atoms with van der Waals surface area (Å²) in [5.41, 5.74) is 5.14. The Labute approximate surface area is 134 Å². The van der Waals surface area contributed by atoms with Crippen LogP contribution in [0.5, 0.6) is 0 Å². The van der Waals surface area contributed by atoms with Crippen molar-refractivity contribution < 1.29 is 0 Å². The van der Waals surface area contributed by atoms with Crippen LogP contribution in [0.2, 0.25) is 0 Å². The summed E-state index contributed by atoms with van der Waals surface area (Å²) in [5, 5.41) is 0. The number of hydrogen-bond donors (Lipinski definition) is 1. The van der Waals surface area contributed by atoms with Gasteiger partial charge in [-0.3, -0.25) is 0 Å². The van der Waals surface area contributed by atoms with Crippen LogP contribution in [0.1, 0.15) is 35.4 Å². The Hall–Kier alpha value is -1.95. The molecule has 0 saturated heterocycles. The molecule has 5 nitrogen and oxygen atoms in total. The van der Waals surface area contributed by atoms with E-state index < -0.39 is 0 Å². The molecular weight excluding hydrogens is 294 g/mol. The summed E-state index contributed by atoms with van der Waals surface area (Å²) in [6.45, 7) is 7.18. The van der Waals surface area contributed by atoms with Crippen molar-refractivity contribution in [2.75, 3.05) is 0 Å². The molecule has 0 fully saturated rings. The topological polar surface area (TPSA) is 59.4 Å². The molecule has 0 unspecified atom stereocenters. The number of aromatic amines is 1. The Morgan fingerprint density at radius 2 is 2.14 bits per heavy atom. The zero-order valence-corrected chi connectivity index (χ0v) is 14.1. The molecule has 22 heavy (non-hydrogen) atoms. The molecule has 3 heterocycles. The van der Waals surface area contributed by atoms with E-state index in [9.17, 15) is 0 Å². The van der Waals surface area contributed by atoms with Gasteiger partial charge in [0, 0.05) is 35.9 Å². The highest BCUT2D eigenvalue weighted by Crippen LogP contribution is 2.21. The van der Waals surface area contributed by atoms with Crippen molar-refractivity contribution in [2.45, 2.75) is 46.6 Å². The van der Waals surface area contributed by atoms with E-state index in [1.165, 1.54) is 4.88 Å².